The van der Waals surface area contributed by atoms with Crippen molar-refractivity contribution in [3.63, 3.8) is 0 Å². The van der Waals surface area contributed by atoms with Crippen LogP contribution in [0, 0.1) is 5.82 Å². The summed E-state index contributed by atoms with van der Waals surface area (Å²) in [6.45, 7) is 3.00. The zero-order chi connectivity index (χ0) is 10.3. The van der Waals surface area contributed by atoms with Gasteiger partial charge in [0.25, 0.3) is 0 Å². The molecule has 1 N–H and O–H groups in total. The molecule has 76 valence electrons. The topological polar surface area (TPSA) is 15.3 Å². The Kier molecular flexibility index (Phi) is 2.39. The fourth-order valence-corrected chi connectivity index (χ4v) is 1.95. The van der Waals surface area contributed by atoms with Gasteiger partial charge in [0.2, 0.25) is 0 Å². The Morgan fingerprint density at radius 3 is 3.00 bits per heavy atom. The van der Waals surface area contributed by atoms with Gasteiger partial charge in [0.05, 0.1) is 15.8 Å². The van der Waals surface area contributed by atoms with Gasteiger partial charge in [-0.3, -0.25) is 0 Å². The predicted molar refractivity (Wildman–Crippen MR) is 60.5 cm³/mol. The Morgan fingerprint density at radius 1 is 1.57 bits per heavy atom. The Balaban J connectivity index is 2.50. The molecule has 1 heterocycles. The van der Waals surface area contributed by atoms with Gasteiger partial charge in [-0.25, -0.2) is 4.39 Å². The highest BCUT2D eigenvalue weighted by Crippen LogP contribution is 2.34. The molecule has 0 amide bonds. The van der Waals surface area contributed by atoms with Crippen LogP contribution in [0.15, 0.2) is 16.6 Å². The molecule has 14 heavy (non-hydrogen) atoms. The van der Waals surface area contributed by atoms with E-state index in [-0.39, 0.29) is 5.82 Å². The fraction of sp³-hybridized carbons (Fsp3) is 0.400. The summed E-state index contributed by atoms with van der Waals surface area (Å²) in [6, 6.07) is 3.73. The van der Waals surface area contributed by atoms with Gasteiger partial charge in [-0.2, -0.15) is 0 Å². The molecule has 0 aliphatic carbocycles. The lowest BCUT2D eigenvalue weighted by Crippen LogP contribution is -2.39. The van der Waals surface area contributed by atoms with Crippen molar-refractivity contribution in [1.29, 1.82) is 0 Å². The van der Waals surface area contributed by atoms with Crippen molar-refractivity contribution < 1.29 is 4.39 Å². The molecule has 2 rings (SSSR count). The molecule has 0 radical (unpaired) electrons. The molecule has 1 aromatic rings. The van der Waals surface area contributed by atoms with Gasteiger partial charge in [0, 0.05) is 25.7 Å². The van der Waals surface area contributed by atoms with E-state index in [0.717, 1.165) is 17.9 Å². The zero-order valence-electron chi connectivity index (χ0n) is 8.14. The number of fused-ring (bicyclic) bond motifs is 1. The van der Waals surface area contributed by atoms with Crippen LogP contribution in [0.5, 0.6) is 0 Å². The minimum atomic E-state index is -0.216. The predicted octanol–water partition coefficient (Wildman–Crippen LogP) is 2.84. The van der Waals surface area contributed by atoms with Gasteiger partial charge < -0.3 is 10.2 Å². The number of nitrogens with zero attached hydrogens (tertiary/aromatic N) is 1. The van der Waals surface area contributed by atoms with Crippen molar-refractivity contribution in [3.05, 3.63) is 22.4 Å². The molecule has 0 spiro atoms. The highest BCUT2D eigenvalue weighted by molar-refractivity contribution is 9.10. The standard InChI is InChI=1S/C10H12BrFN2/c1-6-5-13-9-3-7(11)8(12)4-10(9)14(6)2/h3-4,6,13H,5H2,1-2H3. The fourth-order valence-electron chi connectivity index (χ4n) is 1.60. The van der Waals surface area contributed by atoms with Gasteiger partial charge >= 0.3 is 0 Å². The maximum atomic E-state index is 13.3. The number of benzene rings is 1. The number of rotatable bonds is 0. The van der Waals surface area contributed by atoms with Crippen molar-refractivity contribution in [3.8, 4) is 0 Å². The first-order valence-electron chi connectivity index (χ1n) is 4.55. The van der Waals surface area contributed by atoms with E-state index < -0.39 is 0 Å². The summed E-state index contributed by atoms with van der Waals surface area (Å²) >= 11 is 3.18. The first-order valence-corrected chi connectivity index (χ1v) is 5.34. The minimum Gasteiger partial charge on any atom is -0.381 e. The third-order valence-corrected chi connectivity index (χ3v) is 3.28. The summed E-state index contributed by atoms with van der Waals surface area (Å²) in [6.07, 6.45) is 0. The number of likely N-dealkylation sites (N-methyl/N-ethyl adjacent to an activating group) is 1. The van der Waals surface area contributed by atoms with Crippen molar-refractivity contribution in [2.45, 2.75) is 13.0 Å². The molecule has 2 nitrogen and oxygen atoms in total. The van der Waals surface area contributed by atoms with Crippen molar-refractivity contribution >= 4 is 27.3 Å². The van der Waals surface area contributed by atoms with Crippen LogP contribution in [0.3, 0.4) is 0 Å². The maximum Gasteiger partial charge on any atom is 0.139 e. The van der Waals surface area contributed by atoms with Gasteiger partial charge in [-0.1, -0.05) is 0 Å². The first kappa shape index (κ1) is 9.77. The molecule has 4 heteroatoms. The summed E-state index contributed by atoms with van der Waals surface area (Å²) in [4.78, 5) is 2.08. The summed E-state index contributed by atoms with van der Waals surface area (Å²) in [7, 11) is 1.98. The molecule has 1 unspecified atom stereocenters. The van der Waals surface area contributed by atoms with Crippen molar-refractivity contribution in [2.75, 3.05) is 23.8 Å². The van der Waals surface area contributed by atoms with Gasteiger partial charge in [-0.15, -0.1) is 0 Å². The van der Waals surface area contributed by atoms with E-state index in [2.05, 4.69) is 33.1 Å². The van der Waals surface area contributed by atoms with Crippen molar-refractivity contribution in [2.24, 2.45) is 0 Å². The number of hydrogen-bond acceptors (Lipinski definition) is 2. The summed E-state index contributed by atoms with van der Waals surface area (Å²) in [5.74, 6) is -0.216. The quantitative estimate of drug-likeness (QED) is 0.770. The number of nitrogens with one attached hydrogen (secondary N) is 1. The normalized spacial score (nSPS) is 20.3. The third kappa shape index (κ3) is 1.47. The zero-order valence-corrected chi connectivity index (χ0v) is 9.73. The SMILES string of the molecule is CC1CNc2cc(Br)c(F)cc2N1C. The minimum absolute atomic E-state index is 0.216. The van der Waals surface area contributed by atoms with Crippen LogP contribution in [-0.2, 0) is 0 Å². The highest BCUT2D eigenvalue weighted by Gasteiger charge is 2.20. The van der Waals surface area contributed by atoms with Crippen LogP contribution in [0.4, 0.5) is 15.8 Å². The Morgan fingerprint density at radius 2 is 2.29 bits per heavy atom. The molecular weight excluding hydrogens is 247 g/mol. The second-order valence-electron chi connectivity index (χ2n) is 3.62. The van der Waals surface area contributed by atoms with Gasteiger partial charge in [0.1, 0.15) is 5.82 Å². The molecule has 1 aliphatic heterocycles. The molecular formula is C10H12BrFN2. The Bertz CT molecular complexity index is 367. The van der Waals surface area contributed by atoms with Crippen LogP contribution in [0.1, 0.15) is 6.92 Å². The lowest BCUT2D eigenvalue weighted by atomic mass is 10.1. The van der Waals surface area contributed by atoms with Crippen LogP contribution in [0.2, 0.25) is 0 Å². The molecule has 0 aromatic heterocycles. The van der Waals surface area contributed by atoms with Crippen LogP contribution >= 0.6 is 15.9 Å². The second kappa shape index (κ2) is 3.42. The van der Waals surface area contributed by atoms with Crippen LogP contribution in [-0.4, -0.2) is 19.6 Å². The second-order valence-corrected chi connectivity index (χ2v) is 4.48. The van der Waals surface area contributed by atoms with Gasteiger partial charge in [-0.05, 0) is 28.9 Å². The summed E-state index contributed by atoms with van der Waals surface area (Å²) < 4.78 is 13.8. The summed E-state index contributed by atoms with van der Waals surface area (Å²) in [5.41, 5.74) is 1.91. The first-order chi connectivity index (χ1) is 6.59. The number of halogens is 2. The molecule has 0 bridgehead atoms. The van der Waals surface area contributed by atoms with E-state index in [1.807, 2.05) is 7.05 Å². The molecule has 0 saturated heterocycles. The van der Waals surface area contributed by atoms with Gasteiger partial charge in [0.15, 0.2) is 0 Å². The number of hydrogen-bond donors (Lipinski definition) is 1. The molecule has 1 aromatic carbocycles. The van der Waals surface area contributed by atoms with E-state index in [1.165, 1.54) is 0 Å². The molecule has 0 saturated carbocycles. The molecule has 0 fully saturated rings. The highest BCUT2D eigenvalue weighted by atomic mass is 79.9. The van der Waals surface area contributed by atoms with Crippen LogP contribution < -0.4 is 10.2 Å². The lowest BCUT2D eigenvalue weighted by molar-refractivity contribution is 0.616. The van der Waals surface area contributed by atoms with E-state index in [4.69, 9.17) is 0 Å². The Labute approximate surface area is 91.2 Å². The summed E-state index contributed by atoms with van der Waals surface area (Å²) in [5, 5.41) is 3.27. The average Bonchev–Trinajstić information content (AvgIpc) is 2.15. The number of anilines is 2. The smallest absolute Gasteiger partial charge is 0.139 e. The van der Waals surface area contributed by atoms with E-state index >= 15 is 0 Å². The molecule has 1 aliphatic rings. The lowest BCUT2D eigenvalue weighted by Gasteiger charge is -2.34. The third-order valence-electron chi connectivity index (χ3n) is 2.67. The molecule has 1 atom stereocenters. The maximum absolute atomic E-state index is 13.3. The Hall–Kier alpha value is -0.770. The van der Waals surface area contributed by atoms with E-state index in [9.17, 15) is 4.39 Å². The van der Waals surface area contributed by atoms with Crippen LogP contribution in [0.25, 0.3) is 0 Å². The van der Waals surface area contributed by atoms with Crippen molar-refractivity contribution in [1.82, 2.24) is 0 Å². The largest absolute Gasteiger partial charge is 0.381 e. The van der Waals surface area contributed by atoms with E-state index in [0.29, 0.717) is 10.5 Å². The monoisotopic (exact) mass is 258 g/mol. The van der Waals surface area contributed by atoms with E-state index in [1.54, 1.807) is 12.1 Å². The average molecular weight is 259 g/mol.